The van der Waals surface area contributed by atoms with E-state index in [4.69, 9.17) is 4.42 Å². The highest BCUT2D eigenvalue weighted by Crippen LogP contribution is 2.26. The molecule has 0 aliphatic carbocycles. The van der Waals surface area contributed by atoms with Crippen LogP contribution < -0.4 is 5.63 Å². The van der Waals surface area contributed by atoms with Crippen LogP contribution in [0.15, 0.2) is 57.7 Å². The Bertz CT molecular complexity index is 799. The number of hydrogen-bond acceptors (Lipinski definition) is 2. The van der Waals surface area contributed by atoms with Crippen molar-refractivity contribution in [2.45, 2.75) is 13.8 Å². The minimum absolute atomic E-state index is 0.278. The SMILES string of the molecule is Cc1ccc2oc(=O)c(-c3ccccc3)c(C)c2c1. The lowest BCUT2D eigenvalue weighted by Gasteiger charge is -2.08. The number of rotatable bonds is 1. The van der Waals surface area contributed by atoms with Crippen molar-refractivity contribution in [2.24, 2.45) is 0 Å². The summed E-state index contributed by atoms with van der Waals surface area (Å²) in [4.78, 5) is 12.2. The van der Waals surface area contributed by atoms with Crippen molar-refractivity contribution in [3.63, 3.8) is 0 Å². The van der Waals surface area contributed by atoms with Crippen molar-refractivity contribution < 1.29 is 4.42 Å². The van der Waals surface area contributed by atoms with Crippen molar-refractivity contribution in [2.75, 3.05) is 0 Å². The van der Waals surface area contributed by atoms with Crippen LogP contribution in [-0.4, -0.2) is 0 Å². The van der Waals surface area contributed by atoms with Crippen molar-refractivity contribution in [3.05, 3.63) is 70.1 Å². The molecule has 0 saturated carbocycles. The third kappa shape index (κ3) is 1.95. The molecule has 3 aromatic rings. The molecule has 1 aromatic heterocycles. The highest BCUT2D eigenvalue weighted by Gasteiger charge is 2.12. The van der Waals surface area contributed by atoms with Crippen molar-refractivity contribution >= 4 is 11.0 Å². The lowest BCUT2D eigenvalue weighted by molar-refractivity contribution is 0.562. The molecular formula is C17H14O2. The van der Waals surface area contributed by atoms with E-state index in [1.807, 2.05) is 56.3 Å². The smallest absolute Gasteiger partial charge is 0.344 e. The monoisotopic (exact) mass is 250 g/mol. The van der Waals surface area contributed by atoms with Gasteiger partial charge in [0.2, 0.25) is 0 Å². The van der Waals surface area contributed by atoms with Gasteiger partial charge in [-0.15, -0.1) is 0 Å². The van der Waals surface area contributed by atoms with Crippen molar-refractivity contribution in [1.29, 1.82) is 0 Å². The Morgan fingerprint density at radius 1 is 0.947 bits per heavy atom. The van der Waals surface area contributed by atoms with E-state index in [0.29, 0.717) is 11.1 Å². The molecule has 0 amide bonds. The van der Waals surface area contributed by atoms with E-state index in [2.05, 4.69) is 6.07 Å². The molecule has 0 spiro atoms. The molecular weight excluding hydrogens is 236 g/mol. The zero-order chi connectivity index (χ0) is 13.4. The van der Waals surface area contributed by atoms with Crippen LogP contribution in [0.4, 0.5) is 0 Å². The highest BCUT2D eigenvalue weighted by molar-refractivity contribution is 5.87. The topological polar surface area (TPSA) is 30.2 Å². The lowest BCUT2D eigenvalue weighted by atomic mass is 9.99. The molecule has 19 heavy (non-hydrogen) atoms. The second-order valence-corrected chi connectivity index (χ2v) is 4.76. The van der Waals surface area contributed by atoms with Crippen LogP contribution >= 0.6 is 0 Å². The summed E-state index contributed by atoms with van der Waals surface area (Å²) < 4.78 is 5.43. The summed E-state index contributed by atoms with van der Waals surface area (Å²) in [5, 5.41) is 0.999. The number of aryl methyl sites for hydroxylation is 2. The molecule has 2 nitrogen and oxygen atoms in total. The van der Waals surface area contributed by atoms with Gasteiger partial charge >= 0.3 is 5.63 Å². The third-order valence-electron chi connectivity index (χ3n) is 3.38. The Kier molecular flexibility index (Phi) is 2.71. The summed E-state index contributed by atoms with van der Waals surface area (Å²) in [7, 11) is 0. The van der Waals surface area contributed by atoms with Crippen LogP contribution in [0.2, 0.25) is 0 Å². The van der Waals surface area contributed by atoms with E-state index in [1.54, 1.807) is 0 Å². The fraction of sp³-hybridized carbons (Fsp3) is 0.118. The quantitative estimate of drug-likeness (QED) is 0.609. The molecule has 0 atom stereocenters. The summed E-state index contributed by atoms with van der Waals surface area (Å²) in [6, 6.07) is 15.5. The van der Waals surface area contributed by atoms with E-state index in [-0.39, 0.29) is 5.63 Å². The van der Waals surface area contributed by atoms with E-state index < -0.39 is 0 Å². The second kappa shape index (κ2) is 4.39. The maximum absolute atomic E-state index is 12.2. The third-order valence-corrected chi connectivity index (χ3v) is 3.38. The predicted octanol–water partition coefficient (Wildman–Crippen LogP) is 4.08. The predicted molar refractivity (Wildman–Crippen MR) is 77.4 cm³/mol. The maximum Gasteiger partial charge on any atom is 0.344 e. The van der Waals surface area contributed by atoms with Crippen molar-refractivity contribution in [1.82, 2.24) is 0 Å². The average Bonchev–Trinajstić information content (AvgIpc) is 2.41. The Hall–Kier alpha value is -2.35. The van der Waals surface area contributed by atoms with Crippen LogP contribution in [-0.2, 0) is 0 Å². The van der Waals surface area contributed by atoms with Gasteiger partial charge in [0.15, 0.2) is 0 Å². The van der Waals surface area contributed by atoms with Gasteiger partial charge in [0, 0.05) is 5.39 Å². The summed E-state index contributed by atoms with van der Waals surface area (Å²) in [5.41, 5.74) is 4.05. The Morgan fingerprint density at radius 2 is 1.68 bits per heavy atom. The van der Waals surface area contributed by atoms with E-state index in [0.717, 1.165) is 22.1 Å². The molecule has 3 rings (SSSR count). The van der Waals surface area contributed by atoms with Crippen LogP contribution in [0.5, 0.6) is 0 Å². The molecule has 0 aliphatic heterocycles. The molecule has 0 radical (unpaired) electrons. The lowest BCUT2D eigenvalue weighted by Crippen LogP contribution is -2.05. The largest absolute Gasteiger partial charge is 0.422 e. The van der Waals surface area contributed by atoms with E-state index in [9.17, 15) is 4.79 Å². The molecule has 1 heterocycles. The number of fused-ring (bicyclic) bond motifs is 1. The summed E-state index contributed by atoms with van der Waals surface area (Å²) in [6.07, 6.45) is 0. The highest BCUT2D eigenvalue weighted by atomic mass is 16.4. The Labute approximate surface area is 111 Å². The fourth-order valence-corrected chi connectivity index (χ4v) is 2.40. The molecule has 0 fully saturated rings. The molecule has 0 saturated heterocycles. The maximum atomic E-state index is 12.2. The molecule has 94 valence electrons. The van der Waals surface area contributed by atoms with Gasteiger partial charge in [-0.2, -0.15) is 0 Å². The van der Waals surface area contributed by atoms with E-state index in [1.165, 1.54) is 0 Å². The molecule has 0 aliphatic rings. The minimum atomic E-state index is -0.278. The van der Waals surface area contributed by atoms with Crippen LogP contribution in [0.1, 0.15) is 11.1 Å². The van der Waals surface area contributed by atoms with E-state index >= 15 is 0 Å². The van der Waals surface area contributed by atoms with Gasteiger partial charge in [0.1, 0.15) is 5.58 Å². The van der Waals surface area contributed by atoms with Gasteiger partial charge in [0.05, 0.1) is 5.56 Å². The van der Waals surface area contributed by atoms with Gasteiger partial charge in [-0.1, -0.05) is 42.0 Å². The van der Waals surface area contributed by atoms with Crippen molar-refractivity contribution in [3.8, 4) is 11.1 Å². The standard InChI is InChI=1S/C17H14O2/c1-11-8-9-15-14(10-11)12(2)16(17(18)19-15)13-6-4-3-5-7-13/h3-10H,1-2H3. The Morgan fingerprint density at radius 3 is 2.42 bits per heavy atom. The summed E-state index contributed by atoms with van der Waals surface area (Å²) >= 11 is 0. The van der Waals surface area contributed by atoms with Gasteiger partial charge in [-0.25, -0.2) is 4.79 Å². The van der Waals surface area contributed by atoms with Gasteiger partial charge < -0.3 is 4.42 Å². The summed E-state index contributed by atoms with van der Waals surface area (Å²) in [6.45, 7) is 4.01. The zero-order valence-electron chi connectivity index (χ0n) is 10.9. The van der Waals surface area contributed by atoms with Gasteiger partial charge in [0.25, 0.3) is 0 Å². The normalized spacial score (nSPS) is 10.8. The average molecular weight is 250 g/mol. The molecule has 0 bridgehead atoms. The van der Waals surface area contributed by atoms with Gasteiger partial charge in [-0.05, 0) is 37.1 Å². The van der Waals surface area contributed by atoms with Crippen LogP contribution in [0.25, 0.3) is 22.1 Å². The zero-order valence-corrected chi connectivity index (χ0v) is 10.9. The molecule has 2 heteroatoms. The van der Waals surface area contributed by atoms with Crippen LogP contribution in [0, 0.1) is 13.8 Å². The molecule has 2 aromatic carbocycles. The first-order valence-electron chi connectivity index (χ1n) is 6.26. The first kappa shape index (κ1) is 11.7. The minimum Gasteiger partial charge on any atom is -0.422 e. The molecule has 0 unspecified atom stereocenters. The van der Waals surface area contributed by atoms with Gasteiger partial charge in [-0.3, -0.25) is 0 Å². The first-order chi connectivity index (χ1) is 9.16. The second-order valence-electron chi connectivity index (χ2n) is 4.76. The summed E-state index contributed by atoms with van der Waals surface area (Å²) in [5.74, 6) is 0. The molecule has 0 N–H and O–H groups in total. The Balaban J connectivity index is 2.40. The number of benzene rings is 2. The number of hydrogen-bond donors (Lipinski definition) is 0. The van der Waals surface area contributed by atoms with Crippen LogP contribution in [0.3, 0.4) is 0 Å². The first-order valence-corrected chi connectivity index (χ1v) is 6.26. The fourth-order valence-electron chi connectivity index (χ4n) is 2.40.